The second kappa shape index (κ2) is 7.59. The molecule has 0 aromatic carbocycles. The van der Waals surface area contributed by atoms with E-state index in [4.69, 9.17) is 5.11 Å². The van der Waals surface area contributed by atoms with Crippen molar-refractivity contribution >= 4 is 34.1 Å². The van der Waals surface area contributed by atoms with Crippen LogP contribution in [0.4, 0.5) is 5.00 Å². The van der Waals surface area contributed by atoms with Crippen LogP contribution in [0.15, 0.2) is 0 Å². The van der Waals surface area contributed by atoms with Crippen LogP contribution in [0.3, 0.4) is 0 Å². The van der Waals surface area contributed by atoms with E-state index in [9.17, 15) is 14.4 Å². The Kier molecular flexibility index (Phi) is 6.32. The molecule has 2 amide bonds. The predicted octanol–water partition coefficient (Wildman–Crippen LogP) is 2.94. The topological polar surface area (TPSA) is 95.5 Å². The summed E-state index contributed by atoms with van der Waals surface area (Å²) in [6, 6.07) is 0. The Hall–Kier alpha value is -1.89. The average Bonchev–Trinajstić information content (AvgIpc) is 2.68. The molecule has 0 aliphatic heterocycles. The van der Waals surface area contributed by atoms with Gasteiger partial charge in [0.2, 0.25) is 5.91 Å². The summed E-state index contributed by atoms with van der Waals surface area (Å²) in [5.41, 5.74) is 0.733. The first-order valence-electron chi connectivity index (χ1n) is 7.45. The normalized spacial score (nSPS) is 11.2. The van der Waals surface area contributed by atoms with Gasteiger partial charge in [0.1, 0.15) is 5.00 Å². The van der Waals surface area contributed by atoms with Gasteiger partial charge in [0.25, 0.3) is 5.91 Å². The highest BCUT2D eigenvalue weighted by Crippen LogP contribution is 2.33. The van der Waals surface area contributed by atoms with E-state index in [0.29, 0.717) is 17.0 Å². The van der Waals surface area contributed by atoms with Gasteiger partial charge in [0.05, 0.1) is 5.56 Å². The SMILES string of the molecule is Cc1sc(NC(=O)C(C)(C)C)c(C(=O)NCCCC(=O)O)c1C. The van der Waals surface area contributed by atoms with E-state index < -0.39 is 11.4 Å². The summed E-state index contributed by atoms with van der Waals surface area (Å²) in [5, 5.41) is 14.7. The number of hydrogen-bond donors (Lipinski definition) is 3. The van der Waals surface area contributed by atoms with Crippen LogP contribution < -0.4 is 10.6 Å². The molecule has 0 fully saturated rings. The van der Waals surface area contributed by atoms with Gasteiger partial charge in [-0.25, -0.2) is 0 Å². The number of nitrogens with one attached hydrogen (secondary N) is 2. The molecule has 0 spiro atoms. The molecule has 0 atom stereocenters. The molecule has 1 aromatic heterocycles. The van der Waals surface area contributed by atoms with Gasteiger partial charge in [-0.1, -0.05) is 20.8 Å². The maximum atomic E-state index is 12.4. The number of carbonyl (C=O) groups excluding carboxylic acids is 2. The number of hydrogen-bond acceptors (Lipinski definition) is 4. The Bertz CT molecular complexity index is 614. The largest absolute Gasteiger partial charge is 0.481 e. The van der Waals surface area contributed by atoms with Gasteiger partial charge >= 0.3 is 5.97 Å². The molecule has 23 heavy (non-hydrogen) atoms. The third-order valence-electron chi connectivity index (χ3n) is 3.37. The number of aryl methyl sites for hydroxylation is 1. The molecule has 6 nitrogen and oxygen atoms in total. The summed E-state index contributed by atoms with van der Waals surface area (Å²) >= 11 is 1.37. The van der Waals surface area contributed by atoms with Crippen molar-refractivity contribution in [3.63, 3.8) is 0 Å². The Morgan fingerprint density at radius 1 is 1.17 bits per heavy atom. The van der Waals surface area contributed by atoms with Gasteiger partial charge in [0, 0.05) is 23.3 Å². The van der Waals surface area contributed by atoms with Crippen molar-refractivity contribution in [2.75, 3.05) is 11.9 Å². The van der Waals surface area contributed by atoms with Crippen LogP contribution in [0.1, 0.15) is 54.4 Å². The van der Waals surface area contributed by atoms with Crippen molar-refractivity contribution in [2.24, 2.45) is 5.41 Å². The zero-order chi connectivity index (χ0) is 17.8. The number of thiophene rings is 1. The number of aliphatic carboxylic acids is 1. The minimum atomic E-state index is -0.889. The van der Waals surface area contributed by atoms with Crippen LogP contribution in [-0.2, 0) is 9.59 Å². The van der Waals surface area contributed by atoms with Crippen LogP contribution in [0.2, 0.25) is 0 Å². The van der Waals surface area contributed by atoms with Gasteiger partial charge in [-0.3, -0.25) is 14.4 Å². The molecule has 0 radical (unpaired) electrons. The smallest absolute Gasteiger partial charge is 0.303 e. The van der Waals surface area contributed by atoms with Crippen molar-refractivity contribution < 1.29 is 19.5 Å². The summed E-state index contributed by atoms with van der Waals surface area (Å²) in [6.45, 7) is 9.44. The number of rotatable bonds is 6. The van der Waals surface area contributed by atoms with Gasteiger partial charge in [-0.2, -0.15) is 0 Å². The monoisotopic (exact) mass is 340 g/mol. The molecular weight excluding hydrogens is 316 g/mol. The fourth-order valence-corrected chi connectivity index (χ4v) is 2.86. The van der Waals surface area contributed by atoms with Crippen LogP contribution in [0, 0.1) is 19.3 Å². The maximum Gasteiger partial charge on any atom is 0.303 e. The standard InChI is InChI=1S/C16H24N2O4S/c1-9-10(2)23-14(18-15(22)16(3,4)5)12(9)13(21)17-8-6-7-11(19)20/h6-8H2,1-5H3,(H,17,21)(H,18,22)(H,19,20). The predicted molar refractivity (Wildman–Crippen MR) is 91.1 cm³/mol. The lowest BCUT2D eigenvalue weighted by atomic mass is 9.96. The molecule has 1 heterocycles. The Morgan fingerprint density at radius 2 is 1.78 bits per heavy atom. The van der Waals surface area contributed by atoms with Crippen molar-refractivity contribution in [3.05, 3.63) is 16.0 Å². The van der Waals surface area contributed by atoms with Crippen molar-refractivity contribution in [1.82, 2.24) is 5.32 Å². The minimum absolute atomic E-state index is 0.00947. The number of carboxylic acid groups (broad SMARTS) is 1. The van der Waals surface area contributed by atoms with E-state index in [1.165, 1.54) is 11.3 Å². The zero-order valence-electron chi connectivity index (χ0n) is 14.2. The molecule has 3 N–H and O–H groups in total. The van der Waals surface area contributed by atoms with E-state index in [1.54, 1.807) is 20.8 Å². The molecule has 128 valence electrons. The average molecular weight is 340 g/mol. The zero-order valence-corrected chi connectivity index (χ0v) is 15.0. The maximum absolute atomic E-state index is 12.4. The van der Waals surface area contributed by atoms with Crippen LogP contribution >= 0.6 is 11.3 Å². The third-order valence-corrected chi connectivity index (χ3v) is 4.50. The lowest BCUT2D eigenvalue weighted by Crippen LogP contribution is -2.30. The van der Waals surface area contributed by atoms with Crippen molar-refractivity contribution in [2.45, 2.75) is 47.5 Å². The van der Waals surface area contributed by atoms with E-state index in [2.05, 4.69) is 10.6 Å². The summed E-state index contributed by atoms with van der Waals surface area (Å²) in [5.74, 6) is -1.33. The summed E-state index contributed by atoms with van der Waals surface area (Å²) in [7, 11) is 0. The first-order valence-corrected chi connectivity index (χ1v) is 8.27. The highest BCUT2D eigenvalue weighted by atomic mass is 32.1. The molecule has 7 heteroatoms. The molecule has 1 rings (SSSR count). The van der Waals surface area contributed by atoms with Crippen LogP contribution in [0.25, 0.3) is 0 Å². The van der Waals surface area contributed by atoms with Crippen LogP contribution in [-0.4, -0.2) is 29.4 Å². The molecule has 0 bridgehead atoms. The van der Waals surface area contributed by atoms with E-state index in [-0.39, 0.29) is 24.8 Å². The Balaban J connectivity index is 2.87. The third kappa shape index (κ3) is 5.35. The molecule has 0 saturated carbocycles. The molecule has 0 aliphatic rings. The molecule has 0 unspecified atom stereocenters. The minimum Gasteiger partial charge on any atom is -0.481 e. The second-order valence-corrected chi connectivity index (χ2v) is 7.67. The fraction of sp³-hybridized carbons (Fsp3) is 0.562. The Morgan fingerprint density at radius 3 is 2.30 bits per heavy atom. The van der Waals surface area contributed by atoms with E-state index >= 15 is 0 Å². The number of anilines is 1. The van der Waals surface area contributed by atoms with Crippen LogP contribution in [0.5, 0.6) is 0 Å². The number of carbonyl (C=O) groups is 3. The summed E-state index contributed by atoms with van der Waals surface area (Å²) < 4.78 is 0. The number of carboxylic acids is 1. The number of amides is 2. The van der Waals surface area contributed by atoms with Gasteiger partial charge in [-0.15, -0.1) is 11.3 Å². The lowest BCUT2D eigenvalue weighted by Gasteiger charge is -2.17. The van der Waals surface area contributed by atoms with E-state index in [0.717, 1.165) is 10.4 Å². The molecule has 0 saturated heterocycles. The highest BCUT2D eigenvalue weighted by Gasteiger charge is 2.26. The fourth-order valence-electron chi connectivity index (χ4n) is 1.81. The summed E-state index contributed by atoms with van der Waals surface area (Å²) in [4.78, 5) is 36.0. The van der Waals surface area contributed by atoms with E-state index in [1.807, 2.05) is 13.8 Å². The highest BCUT2D eigenvalue weighted by molar-refractivity contribution is 7.16. The second-order valence-electron chi connectivity index (χ2n) is 6.44. The van der Waals surface area contributed by atoms with Crippen molar-refractivity contribution in [3.8, 4) is 0 Å². The molecular formula is C16H24N2O4S. The Labute approximate surface area is 140 Å². The first kappa shape index (κ1) is 19.2. The first-order chi connectivity index (χ1) is 10.5. The summed E-state index contributed by atoms with van der Waals surface area (Å²) in [6.07, 6.45) is 0.377. The quantitative estimate of drug-likeness (QED) is 0.694. The van der Waals surface area contributed by atoms with Gasteiger partial charge in [0.15, 0.2) is 0 Å². The lowest BCUT2D eigenvalue weighted by molar-refractivity contribution is -0.137. The molecule has 0 aliphatic carbocycles. The molecule has 1 aromatic rings. The van der Waals surface area contributed by atoms with Crippen molar-refractivity contribution in [1.29, 1.82) is 0 Å². The van der Waals surface area contributed by atoms with Gasteiger partial charge < -0.3 is 15.7 Å². The van der Waals surface area contributed by atoms with Gasteiger partial charge in [-0.05, 0) is 25.8 Å².